The zero-order valence-corrected chi connectivity index (χ0v) is 15.9. The van der Waals surface area contributed by atoms with Gasteiger partial charge in [0.05, 0.1) is 13.2 Å². The Bertz CT molecular complexity index is 698. The van der Waals surface area contributed by atoms with Crippen molar-refractivity contribution in [2.45, 2.75) is 51.9 Å². The van der Waals surface area contributed by atoms with Gasteiger partial charge < -0.3 is 24.8 Å². The Morgan fingerprint density at radius 1 is 1.30 bits per heavy atom. The summed E-state index contributed by atoms with van der Waals surface area (Å²) in [6.07, 6.45) is -0.885. The van der Waals surface area contributed by atoms with Crippen LogP contribution in [0.4, 0.5) is 10.5 Å². The number of aliphatic carboxylic acids is 1. The molecular weight excluding hydrogens is 352 g/mol. The van der Waals surface area contributed by atoms with Crippen LogP contribution in [0.5, 0.6) is 0 Å². The highest BCUT2D eigenvalue weighted by Crippen LogP contribution is 2.24. The van der Waals surface area contributed by atoms with Crippen molar-refractivity contribution >= 4 is 23.7 Å². The van der Waals surface area contributed by atoms with Crippen LogP contribution in [0.25, 0.3) is 0 Å². The number of anilines is 1. The molecule has 2 amide bonds. The quantitative estimate of drug-likeness (QED) is 0.815. The number of nitrogens with one attached hydrogen (secondary N) is 1. The summed E-state index contributed by atoms with van der Waals surface area (Å²) in [5, 5.41) is 11.6. The van der Waals surface area contributed by atoms with E-state index in [2.05, 4.69) is 5.32 Å². The van der Waals surface area contributed by atoms with Crippen LogP contribution in [0.3, 0.4) is 0 Å². The van der Waals surface area contributed by atoms with Crippen molar-refractivity contribution < 1.29 is 29.0 Å². The van der Waals surface area contributed by atoms with Gasteiger partial charge in [0.1, 0.15) is 11.6 Å². The van der Waals surface area contributed by atoms with Gasteiger partial charge in [-0.25, -0.2) is 9.59 Å². The van der Waals surface area contributed by atoms with Crippen LogP contribution in [0.1, 0.15) is 39.2 Å². The van der Waals surface area contributed by atoms with Crippen LogP contribution in [0, 0.1) is 0 Å². The Kier molecular flexibility index (Phi) is 6.79. The average Bonchev–Trinajstić information content (AvgIpc) is 2.79. The molecule has 1 aromatic carbocycles. The van der Waals surface area contributed by atoms with Gasteiger partial charge in [0.15, 0.2) is 0 Å². The molecule has 0 spiro atoms. The van der Waals surface area contributed by atoms with E-state index < -0.39 is 23.7 Å². The first kappa shape index (κ1) is 20.7. The van der Waals surface area contributed by atoms with Gasteiger partial charge in [-0.05, 0) is 33.3 Å². The Balaban J connectivity index is 2.00. The van der Waals surface area contributed by atoms with Gasteiger partial charge in [0, 0.05) is 24.2 Å². The second-order valence-corrected chi connectivity index (χ2v) is 7.30. The maximum Gasteiger partial charge on any atom is 0.408 e. The molecule has 0 radical (unpaired) electrons. The Morgan fingerprint density at radius 3 is 2.67 bits per heavy atom. The topological polar surface area (TPSA) is 105 Å². The number of hydrogen-bond acceptors (Lipinski definition) is 5. The smallest absolute Gasteiger partial charge is 0.408 e. The number of rotatable bonds is 5. The summed E-state index contributed by atoms with van der Waals surface area (Å²) >= 11 is 0. The van der Waals surface area contributed by atoms with Crippen LogP contribution in [-0.2, 0) is 25.7 Å². The van der Waals surface area contributed by atoms with Crippen molar-refractivity contribution in [2.24, 2.45) is 0 Å². The summed E-state index contributed by atoms with van der Waals surface area (Å²) in [6, 6.07) is 6.25. The number of carbonyl (C=O) groups excluding carboxylic acids is 2. The Labute approximate surface area is 158 Å². The minimum absolute atomic E-state index is 0.0267. The predicted molar refractivity (Wildman–Crippen MR) is 98.5 cm³/mol. The number of alkyl carbamates (subject to hydrolysis) is 1. The molecule has 27 heavy (non-hydrogen) atoms. The predicted octanol–water partition coefficient (Wildman–Crippen LogP) is 2.31. The SMILES string of the molecule is CC(C)(C)OC(=O)N[C@@H](CCC(=O)N1CCOCc2ccccc21)C(=O)O. The summed E-state index contributed by atoms with van der Waals surface area (Å²) in [5.74, 6) is -1.43. The van der Waals surface area contributed by atoms with E-state index in [1.54, 1.807) is 25.7 Å². The monoisotopic (exact) mass is 378 g/mol. The normalized spacial score (nSPS) is 15.3. The molecule has 1 aliphatic rings. The fraction of sp³-hybridized carbons (Fsp3) is 0.526. The van der Waals surface area contributed by atoms with E-state index in [1.807, 2.05) is 24.3 Å². The van der Waals surface area contributed by atoms with Gasteiger partial charge in [0.25, 0.3) is 0 Å². The molecule has 8 nitrogen and oxygen atoms in total. The first-order valence-electron chi connectivity index (χ1n) is 8.86. The van der Waals surface area contributed by atoms with Crippen LogP contribution >= 0.6 is 0 Å². The van der Waals surface area contributed by atoms with Gasteiger partial charge in [-0.3, -0.25) is 4.79 Å². The lowest BCUT2D eigenvalue weighted by molar-refractivity contribution is -0.139. The van der Waals surface area contributed by atoms with Crippen molar-refractivity contribution in [3.8, 4) is 0 Å². The van der Waals surface area contributed by atoms with Crippen LogP contribution in [-0.4, -0.2) is 47.9 Å². The third kappa shape index (κ3) is 6.25. The number of fused-ring (bicyclic) bond motifs is 1. The van der Waals surface area contributed by atoms with E-state index in [0.717, 1.165) is 11.3 Å². The number of ether oxygens (including phenoxy) is 2. The number of carboxylic acid groups (broad SMARTS) is 1. The number of carboxylic acids is 1. The molecule has 2 rings (SSSR count). The van der Waals surface area contributed by atoms with Crippen LogP contribution in [0.2, 0.25) is 0 Å². The second-order valence-electron chi connectivity index (χ2n) is 7.30. The summed E-state index contributed by atoms with van der Waals surface area (Å²) < 4.78 is 10.6. The van der Waals surface area contributed by atoms with E-state index in [9.17, 15) is 19.5 Å². The summed E-state index contributed by atoms with van der Waals surface area (Å²) in [7, 11) is 0. The molecule has 148 valence electrons. The number of para-hydroxylation sites is 1. The van der Waals surface area contributed by atoms with Gasteiger partial charge >= 0.3 is 12.1 Å². The van der Waals surface area contributed by atoms with E-state index >= 15 is 0 Å². The lowest BCUT2D eigenvalue weighted by Gasteiger charge is -2.24. The Hall–Kier alpha value is -2.61. The van der Waals surface area contributed by atoms with Crippen LogP contribution < -0.4 is 10.2 Å². The zero-order chi connectivity index (χ0) is 20.0. The van der Waals surface area contributed by atoms with Crippen molar-refractivity contribution in [1.29, 1.82) is 0 Å². The summed E-state index contributed by atoms with van der Waals surface area (Å²) in [6.45, 7) is 6.28. The first-order chi connectivity index (χ1) is 12.7. The fourth-order valence-electron chi connectivity index (χ4n) is 2.72. The highest BCUT2D eigenvalue weighted by atomic mass is 16.6. The number of nitrogens with zero attached hydrogens (tertiary/aromatic N) is 1. The number of amides is 2. The average molecular weight is 378 g/mol. The van der Waals surface area contributed by atoms with E-state index in [4.69, 9.17) is 9.47 Å². The minimum Gasteiger partial charge on any atom is -0.480 e. The van der Waals surface area contributed by atoms with E-state index in [1.165, 1.54) is 0 Å². The van der Waals surface area contributed by atoms with Gasteiger partial charge in [-0.1, -0.05) is 18.2 Å². The minimum atomic E-state index is -1.21. The molecule has 1 aromatic rings. The van der Waals surface area contributed by atoms with Crippen molar-refractivity contribution in [1.82, 2.24) is 5.32 Å². The maximum atomic E-state index is 12.7. The van der Waals surface area contributed by atoms with Crippen molar-refractivity contribution in [2.75, 3.05) is 18.1 Å². The lowest BCUT2D eigenvalue weighted by Crippen LogP contribution is -2.44. The fourth-order valence-corrected chi connectivity index (χ4v) is 2.72. The number of carbonyl (C=O) groups is 3. The highest BCUT2D eigenvalue weighted by molar-refractivity contribution is 5.94. The standard InChI is InChI=1S/C19H26N2O6/c1-19(2,3)27-18(25)20-14(17(23)24)8-9-16(22)21-10-11-26-12-13-6-4-5-7-15(13)21/h4-7,14H,8-12H2,1-3H3,(H,20,25)(H,23,24)/t14-/m0/s1. The van der Waals surface area contributed by atoms with Gasteiger partial charge in [-0.2, -0.15) is 0 Å². The number of hydrogen-bond donors (Lipinski definition) is 2. The molecule has 0 unspecified atom stereocenters. The number of benzene rings is 1. The molecule has 1 aliphatic heterocycles. The molecule has 1 heterocycles. The molecule has 8 heteroatoms. The van der Waals surface area contributed by atoms with E-state index in [-0.39, 0.29) is 18.7 Å². The molecule has 0 saturated heterocycles. The maximum absolute atomic E-state index is 12.7. The molecule has 2 N–H and O–H groups in total. The lowest BCUT2D eigenvalue weighted by atomic mass is 10.1. The Morgan fingerprint density at radius 2 is 2.00 bits per heavy atom. The zero-order valence-electron chi connectivity index (χ0n) is 15.9. The summed E-state index contributed by atoms with van der Waals surface area (Å²) in [5.41, 5.74) is 0.940. The molecule has 0 fully saturated rings. The molecule has 1 atom stereocenters. The van der Waals surface area contributed by atoms with E-state index in [0.29, 0.717) is 19.8 Å². The third-order valence-electron chi connectivity index (χ3n) is 3.94. The summed E-state index contributed by atoms with van der Waals surface area (Å²) in [4.78, 5) is 37.5. The van der Waals surface area contributed by atoms with Crippen LogP contribution in [0.15, 0.2) is 24.3 Å². The van der Waals surface area contributed by atoms with Crippen molar-refractivity contribution in [3.05, 3.63) is 29.8 Å². The van der Waals surface area contributed by atoms with Gasteiger partial charge in [0.2, 0.25) is 5.91 Å². The first-order valence-corrected chi connectivity index (χ1v) is 8.86. The largest absolute Gasteiger partial charge is 0.480 e. The molecule has 0 saturated carbocycles. The van der Waals surface area contributed by atoms with Crippen molar-refractivity contribution in [3.63, 3.8) is 0 Å². The second kappa shape index (κ2) is 8.85. The molecule has 0 aromatic heterocycles. The van der Waals surface area contributed by atoms with Gasteiger partial charge in [-0.15, -0.1) is 0 Å². The molecule has 0 aliphatic carbocycles. The molecular formula is C19H26N2O6. The molecule has 0 bridgehead atoms. The third-order valence-corrected chi connectivity index (χ3v) is 3.94. The highest BCUT2D eigenvalue weighted by Gasteiger charge is 2.27.